The van der Waals surface area contributed by atoms with E-state index in [2.05, 4.69) is 0 Å². The minimum atomic E-state index is -1.82. The minimum Gasteiger partial charge on any atom is -0.378 e. The Hall–Kier alpha value is -0.230. The number of aliphatic hydroxyl groups excluding tert-OH is 1. The van der Waals surface area contributed by atoms with Crippen LogP contribution in [0.5, 0.6) is 0 Å². The first-order chi connectivity index (χ1) is 5.07. The van der Waals surface area contributed by atoms with Crippen molar-refractivity contribution < 1.29 is 19.3 Å². The number of ether oxygens (including phenoxy) is 1. The van der Waals surface area contributed by atoms with Crippen molar-refractivity contribution in [3.05, 3.63) is 0 Å². The van der Waals surface area contributed by atoms with E-state index in [1.165, 1.54) is 0 Å². The standard InChI is InChI=1S/C6H12FNO3/c7-4-3-11-2-1-6(4,8)5(9)10/h4-5,9-10H,1-3,8H2. The van der Waals surface area contributed by atoms with Gasteiger partial charge in [0.2, 0.25) is 0 Å². The maximum atomic E-state index is 12.9. The average molecular weight is 165 g/mol. The average Bonchev–Trinajstić information content (AvgIpc) is 1.95. The highest BCUT2D eigenvalue weighted by Gasteiger charge is 2.43. The Balaban J connectivity index is 2.64. The highest BCUT2D eigenvalue weighted by atomic mass is 19.1. The van der Waals surface area contributed by atoms with Gasteiger partial charge < -0.3 is 20.7 Å². The Morgan fingerprint density at radius 3 is 2.64 bits per heavy atom. The number of halogens is 1. The van der Waals surface area contributed by atoms with E-state index in [0.717, 1.165) is 0 Å². The molecule has 5 heteroatoms. The molecular weight excluding hydrogens is 153 g/mol. The van der Waals surface area contributed by atoms with Crippen molar-refractivity contribution >= 4 is 0 Å². The summed E-state index contributed by atoms with van der Waals surface area (Å²) in [6.07, 6.45) is -3.19. The van der Waals surface area contributed by atoms with Gasteiger partial charge in [0.15, 0.2) is 6.29 Å². The Kier molecular flexibility index (Phi) is 2.43. The molecule has 1 rings (SSSR count). The van der Waals surface area contributed by atoms with Crippen LogP contribution in [0, 0.1) is 0 Å². The maximum Gasteiger partial charge on any atom is 0.172 e. The minimum absolute atomic E-state index is 0.131. The van der Waals surface area contributed by atoms with Gasteiger partial charge in [-0.3, -0.25) is 0 Å². The summed E-state index contributed by atoms with van der Waals surface area (Å²) in [5, 5.41) is 17.5. The molecule has 0 radical (unpaired) electrons. The first-order valence-corrected chi connectivity index (χ1v) is 3.44. The molecule has 1 heterocycles. The first-order valence-electron chi connectivity index (χ1n) is 3.44. The van der Waals surface area contributed by atoms with Gasteiger partial charge in [-0.2, -0.15) is 0 Å². The summed E-state index contributed by atoms with van der Waals surface area (Å²) in [5.41, 5.74) is 3.85. The molecule has 2 unspecified atom stereocenters. The van der Waals surface area contributed by atoms with Gasteiger partial charge in [-0.15, -0.1) is 0 Å². The van der Waals surface area contributed by atoms with Crippen molar-refractivity contribution in [2.45, 2.75) is 24.4 Å². The van der Waals surface area contributed by atoms with E-state index >= 15 is 0 Å². The molecule has 1 fully saturated rings. The van der Waals surface area contributed by atoms with Crippen molar-refractivity contribution in [1.82, 2.24) is 0 Å². The van der Waals surface area contributed by atoms with Crippen LogP contribution in [0.15, 0.2) is 0 Å². The molecule has 0 aromatic rings. The predicted octanol–water partition coefficient (Wildman–Crippen LogP) is -1.25. The highest BCUT2D eigenvalue weighted by molar-refractivity contribution is 4.95. The number of aliphatic hydroxyl groups is 2. The van der Waals surface area contributed by atoms with E-state index in [1.54, 1.807) is 0 Å². The zero-order valence-corrected chi connectivity index (χ0v) is 6.03. The van der Waals surface area contributed by atoms with Crippen LogP contribution in [0.3, 0.4) is 0 Å². The van der Waals surface area contributed by atoms with Crippen molar-refractivity contribution in [2.24, 2.45) is 5.73 Å². The van der Waals surface area contributed by atoms with Crippen LogP contribution >= 0.6 is 0 Å². The Labute approximate surface area is 63.8 Å². The molecule has 1 saturated heterocycles. The Morgan fingerprint density at radius 2 is 2.27 bits per heavy atom. The van der Waals surface area contributed by atoms with Gasteiger partial charge in [-0.25, -0.2) is 4.39 Å². The van der Waals surface area contributed by atoms with E-state index in [-0.39, 0.29) is 19.6 Å². The third kappa shape index (κ3) is 1.51. The van der Waals surface area contributed by atoms with Crippen LogP contribution in [0.1, 0.15) is 6.42 Å². The van der Waals surface area contributed by atoms with Crippen LogP contribution in [0.25, 0.3) is 0 Å². The zero-order valence-electron chi connectivity index (χ0n) is 6.03. The van der Waals surface area contributed by atoms with Crippen molar-refractivity contribution in [3.8, 4) is 0 Å². The van der Waals surface area contributed by atoms with Crippen molar-refractivity contribution in [3.63, 3.8) is 0 Å². The second kappa shape index (κ2) is 3.02. The van der Waals surface area contributed by atoms with E-state index in [1.807, 2.05) is 0 Å². The molecule has 0 aliphatic carbocycles. The molecule has 0 aromatic heterocycles. The van der Waals surface area contributed by atoms with Gasteiger partial charge in [-0.1, -0.05) is 0 Å². The molecule has 0 spiro atoms. The normalized spacial score (nSPS) is 39.5. The number of hydrogen-bond acceptors (Lipinski definition) is 4. The zero-order chi connectivity index (χ0) is 8.48. The van der Waals surface area contributed by atoms with E-state index in [4.69, 9.17) is 20.7 Å². The Bertz CT molecular complexity index is 144. The van der Waals surface area contributed by atoms with Gasteiger partial charge in [0, 0.05) is 6.61 Å². The van der Waals surface area contributed by atoms with E-state index in [9.17, 15) is 4.39 Å². The fourth-order valence-electron chi connectivity index (χ4n) is 1.04. The van der Waals surface area contributed by atoms with Crippen LogP contribution in [0.4, 0.5) is 4.39 Å². The topological polar surface area (TPSA) is 75.7 Å². The molecule has 66 valence electrons. The second-order valence-electron chi connectivity index (χ2n) is 2.78. The summed E-state index contributed by atoms with van der Waals surface area (Å²) in [5.74, 6) is 0. The number of nitrogens with two attached hydrogens (primary N) is 1. The SMILES string of the molecule is NC1(C(O)O)CCOCC1F. The lowest BCUT2D eigenvalue weighted by molar-refractivity contribution is -0.153. The molecule has 0 bridgehead atoms. The van der Waals surface area contributed by atoms with Gasteiger partial charge in [0.25, 0.3) is 0 Å². The summed E-state index contributed by atoms with van der Waals surface area (Å²) in [6, 6.07) is 0. The maximum absolute atomic E-state index is 12.9. The highest BCUT2D eigenvalue weighted by Crippen LogP contribution is 2.23. The molecule has 0 saturated carbocycles. The summed E-state index contributed by atoms with van der Waals surface area (Å²) in [7, 11) is 0. The van der Waals surface area contributed by atoms with Crippen LogP contribution in [-0.2, 0) is 4.74 Å². The van der Waals surface area contributed by atoms with E-state index < -0.39 is 18.0 Å². The fraction of sp³-hybridized carbons (Fsp3) is 1.00. The van der Waals surface area contributed by atoms with Crippen LogP contribution in [-0.4, -0.2) is 41.4 Å². The molecular formula is C6H12FNO3. The van der Waals surface area contributed by atoms with E-state index in [0.29, 0.717) is 0 Å². The molecule has 1 aliphatic rings. The number of alkyl halides is 1. The van der Waals surface area contributed by atoms with Gasteiger partial charge in [0.05, 0.1) is 6.61 Å². The molecule has 1 aliphatic heterocycles. The number of rotatable bonds is 1. The van der Waals surface area contributed by atoms with Crippen molar-refractivity contribution in [2.75, 3.05) is 13.2 Å². The summed E-state index contributed by atoms with van der Waals surface area (Å²) < 4.78 is 17.7. The van der Waals surface area contributed by atoms with Crippen molar-refractivity contribution in [1.29, 1.82) is 0 Å². The molecule has 4 nitrogen and oxygen atoms in total. The largest absolute Gasteiger partial charge is 0.378 e. The summed E-state index contributed by atoms with van der Waals surface area (Å²) >= 11 is 0. The molecule has 11 heavy (non-hydrogen) atoms. The molecule has 0 aromatic carbocycles. The lowest BCUT2D eigenvalue weighted by Crippen LogP contribution is -2.62. The summed E-state index contributed by atoms with van der Waals surface area (Å²) in [6.45, 7) is 0.114. The Morgan fingerprint density at radius 1 is 1.64 bits per heavy atom. The van der Waals surface area contributed by atoms with Crippen LogP contribution in [0.2, 0.25) is 0 Å². The lowest BCUT2D eigenvalue weighted by atomic mass is 9.89. The molecule has 4 N–H and O–H groups in total. The molecule has 2 atom stereocenters. The lowest BCUT2D eigenvalue weighted by Gasteiger charge is -2.37. The van der Waals surface area contributed by atoms with Gasteiger partial charge in [-0.05, 0) is 6.42 Å². The second-order valence-corrected chi connectivity index (χ2v) is 2.78. The predicted molar refractivity (Wildman–Crippen MR) is 35.5 cm³/mol. The van der Waals surface area contributed by atoms with Gasteiger partial charge >= 0.3 is 0 Å². The third-order valence-electron chi connectivity index (χ3n) is 2.01. The summed E-state index contributed by atoms with van der Waals surface area (Å²) in [4.78, 5) is 0. The molecule has 0 amide bonds. The first kappa shape index (κ1) is 8.86. The van der Waals surface area contributed by atoms with Crippen LogP contribution < -0.4 is 5.73 Å². The fourth-order valence-corrected chi connectivity index (χ4v) is 1.04. The van der Waals surface area contributed by atoms with Gasteiger partial charge in [0.1, 0.15) is 11.7 Å². The quantitative estimate of drug-likeness (QED) is 0.424. The third-order valence-corrected chi connectivity index (χ3v) is 2.01. The smallest absolute Gasteiger partial charge is 0.172 e. The number of hydrogen-bond donors (Lipinski definition) is 3. The monoisotopic (exact) mass is 165 g/mol.